The molecule has 3 amide bonds. The lowest BCUT2D eigenvalue weighted by atomic mass is 10.3. The van der Waals surface area contributed by atoms with Crippen LogP contribution in [0.15, 0.2) is 0 Å². The van der Waals surface area contributed by atoms with Crippen LogP contribution in [0.3, 0.4) is 0 Å². The Morgan fingerprint density at radius 2 is 2.05 bits per heavy atom. The quantitative estimate of drug-likeness (QED) is 0.556. The monoisotopic (exact) mass is 319 g/mol. The third-order valence-corrected chi connectivity index (χ3v) is 4.22. The number of methoxy groups -OCH3 is 1. The number of carbonyl (C=O) groups is 3. The highest BCUT2D eigenvalue weighted by Crippen LogP contribution is 2.28. The van der Waals surface area contributed by atoms with E-state index in [1.165, 1.54) is 16.7 Å². The zero-order valence-corrected chi connectivity index (χ0v) is 12.9. The SMILES string of the molecule is COCCNC(=O)CCNC(=O)N1C(C)SCC1C(=O)O. The van der Waals surface area contributed by atoms with Crippen LogP contribution in [0.1, 0.15) is 13.3 Å². The highest BCUT2D eigenvalue weighted by atomic mass is 32.2. The molecule has 0 aromatic heterocycles. The predicted octanol–water partition coefficient (Wildman–Crippen LogP) is -0.303. The molecule has 0 spiro atoms. The fraction of sp³-hybridized carbons (Fsp3) is 0.750. The van der Waals surface area contributed by atoms with Crippen molar-refractivity contribution in [3.05, 3.63) is 0 Å². The van der Waals surface area contributed by atoms with Gasteiger partial charge in [0, 0.05) is 32.4 Å². The number of amides is 3. The van der Waals surface area contributed by atoms with E-state index in [0.29, 0.717) is 18.9 Å². The summed E-state index contributed by atoms with van der Waals surface area (Å²) in [6, 6.07) is -1.27. The van der Waals surface area contributed by atoms with Crippen molar-refractivity contribution in [1.29, 1.82) is 0 Å². The fourth-order valence-corrected chi connectivity index (χ4v) is 3.06. The molecule has 120 valence electrons. The molecule has 0 aliphatic carbocycles. The Morgan fingerprint density at radius 1 is 1.33 bits per heavy atom. The van der Waals surface area contributed by atoms with Gasteiger partial charge in [0.25, 0.3) is 0 Å². The van der Waals surface area contributed by atoms with E-state index in [2.05, 4.69) is 10.6 Å². The molecule has 0 saturated carbocycles. The Morgan fingerprint density at radius 3 is 2.67 bits per heavy atom. The Kier molecular flexibility index (Phi) is 7.30. The number of rotatable bonds is 7. The van der Waals surface area contributed by atoms with Crippen molar-refractivity contribution in [2.75, 3.05) is 32.6 Å². The Bertz CT molecular complexity index is 393. The third-order valence-electron chi connectivity index (χ3n) is 3.00. The van der Waals surface area contributed by atoms with Crippen LogP contribution >= 0.6 is 11.8 Å². The van der Waals surface area contributed by atoms with Gasteiger partial charge < -0.3 is 20.5 Å². The molecular weight excluding hydrogens is 298 g/mol. The Balaban J connectivity index is 2.32. The van der Waals surface area contributed by atoms with Gasteiger partial charge in [-0.25, -0.2) is 9.59 Å². The van der Waals surface area contributed by atoms with Gasteiger partial charge in [-0.05, 0) is 6.92 Å². The summed E-state index contributed by atoms with van der Waals surface area (Å²) in [4.78, 5) is 35.8. The number of nitrogens with zero attached hydrogens (tertiary/aromatic N) is 1. The summed E-state index contributed by atoms with van der Waals surface area (Å²) in [5.74, 6) is -0.827. The van der Waals surface area contributed by atoms with Crippen LogP contribution in [0.4, 0.5) is 4.79 Å². The third kappa shape index (κ3) is 5.43. The molecule has 2 atom stereocenters. The largest absolute Gasteiger partial charge is 0.480 e. The maximum absolute atomic E-state index is 12.0. The van der Waals surface area contributed by atoms with Crippen molar-refractivity contribution in [3.8, 4) is 0 Å². The van der Waals surface area contributed by atoms with E-state index in [1.54, 1.807) is 14.0 Å². The van der Waals surface area contributed by atoms with Crippen molar-refractivity contribution in [2.24, 2.45) is 0 Å². The van der Waals surface area contributed by atoms with Gasteiger partial charge in [0.05, 0.1) is 12.0 Å². The minimum Gasteiger partial charge on any atom is -0.480 e. The number of nitrogens with one attached hydrogen (secondary N) is 2. The standard InChI is InChI=1S/C12H21N3O5S/c1-8-15(9(7-21-8)11(17)18)12(19)14-4-3-10(16)13-5-6-20-2/h8-9H,3-7H2,1-2H3,(H,13,16)(H,14,19)(H,17,18). The van der Waals surface area contributed by atoms with Gasteiger partial charge in [-0.3, -0.25) is 9.69 Å². The molecule has 9 heteroatoms. The van der Waals surface area contributed by atoms with Crippen LogP contribution in [-0.2, 0) is 14.3 Å². The summed E-state index contributed by atoms with van der Waals surface area (Å²) >= 11 is 1.41. The summed E-state index contributed by atoms with van der Waals surface area (Å²) in [6.45, 7) is 2.80. The molecule has 8 nitrogen and oxygen atoms in total. The van der Waals surface area contributed by atoms with E-state index in [0.717, 1.165) is 0 Å². The topological polar surface area (TPSA) is 108 Å². The number of carboxylic acid groups (broad SMARTS) is 1. The van der Waals surface area contributed by atoms with Gasteiger partial charge in [-0.1, -0.05) is 0 Å². The van der Waals surface area contributed by atoms with Gasteiger partial charge >= 0.3 is 12.0 Å². The molecule has 0 aromatic rings. The predicted molar refractivity (Wildman–Crippen MR) is 78.1 cm³/mol. The molecule has 0 radical (unpaired) electrons. The number of carbonyl (C=O) groups excluding carboxylic acids is 2. The second-order valence-electron chi connectivity index (χ2n) is 4.52. The van der Waals surface area contributed by atoms with Crippen molar-refractivity contribution in [2.45, 2.75) is 24.8 Å². The molecule has 2 unspecified atom stereocenters. The molecule has 1 rings (SSSR count). The number of aliphatic carboxylic acids is 1. The number of ether oxygens (including phenoxy) is 1. The Hall–Kier alpha value is -1.48. The lowest BCUT2D eigenvalue weighted by molar-refractivity contribution is -0.141. The average molecular weight is 319 g/mol. The number of hydrogen-bond donors (Lipinski definition) is 3. The molecule has 0 bridgehead atoms. The number of hydrogen-bond acceptors (Lipinski definition) is 5. The molecular formula is C12H21N3O5S. The van der Waals surface area contributed by atoms with E-state index >= 15 is 0 Å². The van der Waals surface area contributed by atoms with E-state index < -0.39 is 18.0 Å². The smallest absolute Gasteiger partial charge is 0.327 e. The minimum atomic E-state index is -1.01. The van der Waals surface area contributed by atoms with Crippen molar-refractivity contribution in [3.63, 3.8) is 0 Å². The van der Waals surface area contributed by atoms with Crippen LogP contribution in [0.2, 0.25) is 0 Å². The number of thioether (sulfide) groups is 1. The zero-order chi connectivity index (χ0) is 15.8. The summed E-state index contributed by atoms with van der Waals surface area (Å²) in [5, 5.41) is 14.1. The molecule has 1 saturated heterocycles. The highest BCUT2D eigenvalue weighted by molar-refractivity contribution is 8.00. The van der Waals surface area contributed by atoms with Crippen LogP contribution < -0.4 is 10.6 Å². The van der Waals surface area contributed by atoms with Gasteiger partial charge in [-0.2, -0.15) is 0 Å². The van der Waals surface area contributed by atoms with Crippen molar-refractivity contribution < 1.29 is 24.2 Å². The van der Waals surface area contributed by atoms with Gasteiger partial charge in [0.1, 0.15) is 6.04 Å². The van der Waals surface area contributed by atoms with Crippen LogP contribution in [0.5, 0.6) is 0 Å². The molecule has 1 fully saturated rings. The van der Waals surface area contributed by atoms with E-state index in [9.17, 15) is 14.4 Å². The highest BCUT2D eigenvalue weighted by Gasteiger charge is 2.39. The first kappa shape index (κ1) is 17.6. The first-order valence-electron chi connectivity index (χ1n) is 6.63. The van der Waals surface area contributed by atoms with Crippen molar-refractivity contribution >= 4 is 29.7 Å². The fourth-order valence-electron chi connectivity index (χ4n) is 1.90. The molecule has 1 aliphatic rings. The molecule has 1 aliphatic heterocycles. The summed E-state index contributed by atoms with van der Waals surface area (Å²) in [6.07, 6.45) is 0.141. The normalized spacial score (nSPS) is 21.1. The maximum Gasteiger partial charge on any atom is 0.327 e. The maximum atomic E-state index is 12.0. The van der Waals surface area contributed by atoms with Crippen LogP contribution in [0, 0.1) is 0 Å². The molecule has 1 heterocycles. The van der Waals surface area contributed by atoms with E-state index in [-0.39, 0.29) is 24.2 Å². The van der Waals surface area contributed by atoms with Crippen molar-refractivity contribution in [1.82, 2.24) is 15.5 Å². The zero-order valence-electron chi connectivity index (χ0n) is 12.1. The average Bonchev–Trinajstić information content (AvgIpc) is 2.81. The molecule has 3 N–H and O–H groups in total. The number of urea groups is 1. The number of carboxylic acids is 1. The van der Waals surface area contributed by atoms with Gasteiger partial charge in [0.15, 0.2) is 0 Å². The molecule has 21 heavy (non-hydrogen) atoms. The second-order valence-corrected chi connectivity index (χ2v) is 5.87. The van der Waals surface area contributed by atoms with Gasteiger partial charge in [-0.15, -0.1) is 11.8 Å². The summed E-state index contributed by atoms with van der Waals surface area (Å²) in [5.41, 5.74) is 0. The Labute approximate surface area is 127 Å². The summed E-state index contributed by atoms with van der Waals surface area (Å²) in [7, 11) is 1.54. The summed E-state index contributed by atoms with van der Waals surface area (Å²) < 4.78 is 4.80. The van der Waals surface area contributed by atoms with Crippen LogP contribution in [-0.4, -0.2) is 71.9 Å². The van der Waals surface area contributed by atoms with E-state index in [4.69, 9.17) is 9.84 Å². The van der Waals surface area contributed by atoms with Gasteiger partial charge in [0.2, 0.25) is 5.91 Å². The lowest BCUT2D eigenvalue weighted by Gasteiger charge is -2.25. The lowest BCUT2D eigenvalue weighted by Crippen LogP contribution is -2.50. The molecule has 0 aromatic carbocycles. The first-order chi connectivity index (χ1) is 9.97. The second kappa shape index (κ2) is 8.73. The van der Waals surface area contributed by atoms with E-state index in [1.807, 2.05) is 0 Å². The minimum absolute atomic E-state index is 0.141. The van der Waals surface area contributed by atoms with Crippen LogP contribution in [0.25, 0.3) is 0 Å². The first-order valence-corrected chi connectivity index (χ1v) is 7.68.